The van der Waals surface area contributed by atoms with Crippen LogP contribution in [0.15, 0.2) is 52.4 Å². The second kappa shape index (κ2) is 9.30. The van der Waals surface area contributed by atoms with E-state index in [4.69, 9.17) is 9.47 Å². The van der Waals surface area contributed by atoms with Gasteiger partial charge in [0.2, 0.25) is 15.9 Å². The molecular weight excluding hydrogens is 448 g/mol. The molecule has 0 saturated carbocycles. The number of aryl methyl sites for hydroxylation is 1. The van der Waals surface area contributed by atoms with Crippen molar-refractivity contribution in [2.75, 3.05) is 38.7 Å². The Hall–Kier alpha value is -3.28. The van der Waals surface area contributed by atoms with Gasteiger partial charge in [0.25, 0.3) is 5.56 Å². The largest absolute Gasteiger partial charge is 0.495 e. The van der Waals surface area contributed by atoms with Gasteiger partial charge in [-0.05, 0) is 37.3 Å². The van der Waals surface area contributed by atoms with E-state index in [9.17, 15) is 18.0 Å². The first-order valence-corrected chi connectivity index (χ1v) is 11.7. The van der Waals surface area contributed by atoms with Crippen molar-refractivity contribution in [3.63, 3.8) is 0 Å². The molecule has 1 amide bonds. The molecule has 0 radical (unpaired) electrons. The summed E-state index contributed by atoms with van der Waals surface area (Å²) in [6.45, 7) is 2.74. The minimum absolute atomic E-state index is 0.0283. The Kier molecular flexibility index (Phi) is 6.45. The van der Waals surface area contributed by atoms with Crippen LogP contribution in [0, 0.1) is 6.92 Å². The maximum atomic E-state index is 13.0. The molecule has 3 aromatic rings. The van der Waals surface area contributed by atoms with Crippen molar-refractivity contribution in [3.05, 3.63) is 58.6 Å². The number of nitrogens with zero attached hydrogens (tertiary/aromatic N) is 3. The summed E-state index contributed by atoms with van der Waals surface area (Å²) >= 11 is 0. The van der Waals surface area contributed by atoms with E-state index in [2.05, 4.69) is 10.3 Å². The number of anilines is 1. The number of hydrogen-bond donors (Lipinski definition) is 1. The highest BCUT2D eigenvalue weighted by atomic mass is 32.2. The highest BCUT2D eigenvalue weighted by molar-refractivity contribution is 7.89. The number of carbonyl (C=O) groups is 1. The van der Waals surface area contributed by atoms with Crippen LogP contribution in [0.1, 0.15) is 5.56 Å². The topological polar surface area (TPSA) is 120 Å². The van der Waals surface area contributed by atoms with Gasteiger partial charge in [-0.2, -0.15) is 4.31 Å². The highest BCUT2D eigenvalue weighted by Crippen LogP contribution is 2.29. The molecule has 4 rings (SSSR count). The van der Waals surface area contributed by atoms with E-state index in [0.717, 1.165) is 5.56 Å². The molecule has 1 aliphatic rings. The SMILES string of the molecule is COc1ccc(S(=O)(=O)N2CCOCC2)cc1NC(=O)Cn1cnc2ccc(C)cc2c1=O. The van der Waals surface area contributed by atoms with Crippen molar-refractivity contribution >= 4 is 32.5 Å². The van der Waals surface area contributed by atoms with Gasteiger partial charge in [0.15, 0.2) is 0 Å². The van der Waals surface area contributed by atoms with E-state index in [1.165, 1.54) is 40.5 Å². The van der Waals surface area contributed by atoms with Crippen molar-refractivity contribution in [3.8, 4) is 5.75 Å². The monoisotopic (exact) mass is 472 g/mol. The summed E-state index contributed by atoms with van der Waals surface area (Å²) in [5, 5.41) is 3.07. The number of benzene rings is 2. The molecule has 0 spiro atoms. The molecule has 2 heterocycles. The zero-order chi connectivity index (χ0) is 23.6. The summed E-state index contributed by atoms with van der Waals surface area (Å²) in [5.74, 6) is -0.228. The van der Waals surface area contributed by atoms with E-state index < -0.39 is 15.9 Å². The normalized spacial score (nSPS) is 14.8. The average molecular weight is 473 g/mol. The molecule has 1 aromatic heterocycles. The van der Waals surface area contributed by atoms with E-state index >= 15 is 0 Å². The molecule has 1 aliphatic heterocycles. The molecular formula is C22H24N4O6S. The fourth-order valence-electron chi connectivity index (χ4n) is 3.61. The molecule has 174 valence electrons. The van der Waals surface area contributed by atoms with Crippen LogP contribution in [0.25, 0.3) is 10.9 Å². The van der Waals surface area contributed by atoms with Gasteiger partial charge in [0.05, 0.1) is 48.1 Å². The summed E-state index contributed by atoms with van der Waals surface area (Å²) in [4.78, 5) is 29.8. The Morgan fingerprint density at radius 3 is 2.67 bits per heavy atom. The van der Waals surface area contributed by atoms with Crippen molar-refractivity contribution in [2.24, 2.45) is 0 Å². The maximum absolute atomic E-state index is 13.0. The van der Waals surface area contributed by atoms with Gasteiger partial charge in [0, 0.05) is 13.1 Å². The molecule has 0 atom stereocenters. The number of aromatic nitrogens is 2. The first-order chi connectivity index (χ1) is 15.8. The number of sulfonamides is 1. The zero-order valence-corrected chi connectivity index (χ0v) is 19.1. The van der Waals surface area contributed by atoms with Crippen LogP contribution in [-0.4, -0.2) is 61.6 Å². The molecule has 0 aliphatic carbocycles. The van der Waals surface area contributed by atoms with E-state index in [0.29, 0.717) is 29.9 Å². The van der Waals surface area contributed by atoms with Crippen molar-refractivity contribution in [1.82, 2.24) is 13.9 Å². The van der Waals surface area contributed by atoms with Gasteiger partial charge in [-0.15, -0.1) is 0 Å². The molecule has 2 aromatic carbocycles. The lowest BCUT2D eigenvalue weighted by Gasteiger charge is -2.26. The fraction of sp³-hybridized carbons (Fsp3) is 0.318. The predicted molar refractivity (Wildman–Crippen MR) is 122 cm³/mol. The van der Waals surface area contributed by atoms with Crippen molar-refractivity contribution in [2.45, 2.75) is 18.4 Å². The second-order valence-corrected chi connectivity index (χ2v) is 9.56. The predicted octanol–water partition coefficient (Wildman–Crippen LogP) is 1.37. The standard InChI is InChI=1S/C22H24N4O6S/c1-15-3-5-18-17(11-15)22(28)25(14-23-18)13-21(27)24-19-12-16(4-6-20(19)31-2)33(29,30)26-7-9-32-10-8-26/h3-6,11-12,14H,7-10,13H2,1-2H3,(H,24,27). The Morgan fingerprint density at radius 2 is 1.94 bits per heavy atom. The first kappa shape index (κ1) is 22.9. The van der Waals surface area contributed by atoms with Crippen molar-refractivity contribution in [1.29, 1.82) is 0 Å². The lowest BCUT2D eigenvalue weighted by Crippen LogP contribution is -2.40. The third kappa shape index (κ3) is 4.75. The third-order valence-corrected chi connectivity index (χ3v) is 7.24. The van der Waals surface area contributed by atoms with Crippen LogP contribution in [0.5, 0.6) is 5.75 Å². The van der Waals surface area contributed by atoms with E-state index in [1.54, 1.807) is 12.1 Å². The Balaban J connectivity index is 1.59. The lowest BCUT2D eigenvalue weighted by molar-refractivity contribution is -0.116. The fourth-order valence-corrected chi connectivity index (χ4v) is 5.05. The summed E-state index contributed by atoms with van der Waals surface area (Å²) < 4.78 is 39.0. The number of morpholine rings is 1. The molecule has 10 nitrogen and oxygen atoms in total. The maximum Gasteiger partial charge on any atom is 0.261 e. The molecule has 0 unspecified atom stereocenters. The third-order valence-electron chi connectivity index (χ3n) is 5.35. The number of nitrogens with one attached hydrogen (secondary N) is 1. The second-order valence-electron chi connectivity index (χ2n) is 7.62. The summed E-state index contributed by atoms with van der Waals surface area (Å²) in [6, 6.07) is 9.60. The van der Waals surface area contributed by atoms with Crippen molar-refractivity contribution < 1.29 is 22.7 Å². The highest BCUT2D eigenvalue weighted by Gasteiger charge is 2.27. The van der Waals surface area contributed by atoms with E-state index in [1.807, 2.05) is 13.0 Å². The number of carbonyl (C=O) groups excluding carboxylic acids is 1. The van der Waals surface area contributed by atoms with Crippen LogP contribution in [-0.2, 0) is 26.1 Å². The molecule has 1 N–H and O–H groups in total. The minimum atomic E-state index is -3.76. The van der Waals surface area contributed by atoms with Gasteiger partial charge in [-0.3, -0.25) is 14.2 Å². The lowest BCUT2D eigenvalue weighted by atomic mass is 10.2. The molecule has 33 heavy (non-hydrogen) atoms. The number of methoxy groups -OCH3 is 1. The van der Waals surface area contributed by atoms with Gasteiger partial charge >= 0.3 is 0 Å². The Labute approximate surface area is 190 Å². The van der Waals surface area contributed by atoms with E-state index in [-0.39, 0.29) is 35.8 Å². The van der Waals surface area contributed by atoms with Crippen LogP contribution in [0.4, 0.5) is 5.69 Å². The molecule has 1 fully saturated rings. The van der Waals surface area contributed by atoms with Gasteiger partial charge in [-0.25, -0.2) is 13.4 Å². The molecule has 0 bridgehead atoms. The van der Waals surface area contributed by atoms with Gasteiger partial charge < -0.3 is 14.8 Å². The quantitative estimate of drug-likeness (QED) is 0.575. The smallest absolute Gasteiger partial charge is 0.261 e. The Morgan fingerprint density at radius 1 is 1.18 bits per heavy atom. The number of ether oxygens (including phenoxy) is 2. The summed E-state index contributed by atoms with van der Waals surface area (Å²) in [6.07, 6.45) is 1.32. The number of hydrogen-bond acceptors (Lipinski definition) is 7. The zero-order valence-electron chi connectivity index (χ0n) is 18.3. The van der Waals surface area contributed by atoms with Gasteiger partial charge in [0.1, 0.15) is 12.3 Å². The Bertz CT molecular complexity index is 1360. The number of fused-ring (bicyclic) bond motifs is 1. The van der Waals surface area contributed by atoms with Crippen LogP contribution >= 0.6 is 0 Å². The van der Waals surface area contributed by atoms with Gasteiger partial charge in [-0.1, -0.05) is 11.6 Å². The van der Waals surface area contributed by atoms with Crippen LogP contribution < -0.4 is 15.6 Å². The first-order valence-electron chi connectivity index (χ1n) is 10.3. The number of amides is 1. The van der Waals surface area contributed by atoms with Crippen LogP contribution in [0.2, 0.25) is 0 Å². The minimum Gasteiger partial charge on any atom is -0.495 e. The molecule has 1 saturated heterocycles. The number of rotatable bonds is 6. The summed E-state index contributed by atoms with van der Waals surface area (Å²) in [5.41, 5.74) is 1.31. The van der Waals surface area contributed by atoms with Crippen LogP contribution in [0.3, 0.4) is 0 Å². The average Bonchev–Trinajstić information content (AvgIpc) is 2.81. The molecule has 11 heteroatoms. The summed E-state index contributed by atoms with van der Waals surface area (Å²) in [7, 11) is -2.34.